The molecule has 20 heavy (non-hydrogen) atoms. The first-order valence-corrected chi connectivity index (χ1v) is 6.60. The van der Waals surface area contributed by atoms with E-state index >= 15 is 0 Å². The number of para-hydroxylation sites is 1. The van der Waals surface area contributed by atoms with Crippen molar-refractivity contribution in [2.24, 2.45) is 0 Å². The zero-order chi connectivity index (χ0) is 14.1. The SMILES string of the molecule is Cc1ccc2c(C)c(C(=O)Nc3ccccc3)[nH]c2c1. The number of aromatic nitrogens is 1. The number of aromatic amines is 1. The van der Waals surface area contributed by atoms with E-state index in [2.05, 4.69) is 28.5 Å². The molecule has 0 aliphatic heterocycles. The standard InChI is InChI=1S/C17H16N2O/c1-11-8-9-14-12(2)16(19-15(14)10-11)17(20)18-13-6-4-3-5-7-13/h3-10,19H,1-2H3,(H,18,20). The maximum atomic E-state index is 12.3. The van der Waals surface area contributed by atoms with Crippen LogP contribution in [0.1, 0.15) is 21.6 Å². The number of nitrogens with one attached hydrogen (secondary N) is 2. The number of aryl methyl sites for hydroxylation is 2. The van der Waals surface area contributed by atoms with E-state index in [1.54, 1.807) is 0 Å². The van der Waals surface area contributed by atoms with Gasteiger partial charge >= 0.3 is 0 Å². The molecular formula is C17H16N2O. The molecule has 1 heterocycles. The number of fused-ring (bicyclic) bond motifs is 1. The largest absolute Gasteiger partial charge is 0.350 e. The second-order valence-electron chi connectivity index (χ2n) is 4.99. The van der Waals surface area contributed by atoms with E-state index in [0.717, 1.165) is 22.2 Å². The van der Waals surface area contributed by atoms with E-state index in [-0.39, 0.29) is 5.91 Å². The molecule has 0 radical (unpaired) electrons. The molecule has 0 spiro atoms. The van der Waals surface area contributed by atoms with Gasteiger partial charge in [-0.1, -0.05) is 30.3 Å². The summed E-state index contributed by atoms with van der Waals surface area (Å²) in [5.74, 6) is -0.109. The van der Waals surface area contributed by atoms with E-state index in [0.29, 0.717) is 5.69 Å². The van der Waals surface area contributed by atoms with Gasteiger partial charge in [0.05, 0.1) is 0 Å². The second-order valence-corrected chi connectivity index (χ2v) is 4.99. The Morgan fingerprint density at radius 2 is 1.80 bits per heavy atom. The first-order chi connectivity index (χ1) is 9.65. The summed E-state index contributed by atoms with van der Waals surface area (Å²) in [5.41, 5.74) is 4.57. The fraction of sp³-hybridized carbons (Fsp3) is 0.118. The van der Waals surface area contributed by atoms with E-state index in [1.165, 1.54) is 5.56 Å². The number of H-pyrrole nitrogens is 1. The number of rotatable bonds is 2. The Labute approximate surface area is 117 Å². The molecule has 0 aliphatic rings. The van der Waals surface area contributed by atoms with Crippen LogP contribution in [0, 0.1) is 13.8 Å². The highest BCUT2D eigenvalue weighted by Crippen LogP contribution is 2.23. The van der Waals surface area contributed by atoms with Crippen molar-refractivity contribution in [3.63, 3.8) is 0 Å². The average molecular weight is 264 g/mol. The Bertz CT molecular complexity index is 772. The summed E-state index contributed by atoms with van der Waals surface area (Å²) in [4.78, 5) is 15.6. The van der Waals surface area contributed by atoms with E-state index in [4.69, 9.17) is 0 Å². The number of hydrogen-bond donors (Lipinski definition) is 2. The normalized spacial score (nSPS) is 10.7. The van der Waals surface area contributed by atoms with E-state index < -0.39 is 0 Å². The van der Waals surface area contributed by atoms with Gasteiger partial charge in [-0.15, -0.1) is 0 Å². The summed E-state index contributed by atoms with van der Waals surface area (Å²) in [7, 11) is 0. The van der Waals surface area contributed by atoms with Crippen LogP contribution < -0.4 is 5.32 Å². The lowest BCUT2D eigenvalue weighted by atomic mass is 10.1. The van der Waals surface area contributed by atoms with Gasteiger partial charge in [0.2, 0.25) is 0 Å². The lowest BCUT2D eigenvalue weighted by Gasteiger charge is -2.04. The molecule has 0 bridgehead atoms. The number of hydrogen-bond acceptors (Lipinski definition) is 1. The molecule has 100 valence electrons. The van der Waals surface area contributed by atoms with Crippen LogP contribution in [0.3, 0.4) is 0 Å². The predicted molar refractivity (Wildman–Crippen MR) is 82.2 cm³/mol. The van der Waals surface area contributed by atoms with Crippen LogP contribution in [0.2, 0.25) is 0 Å². The molecule has 0 unspecified atom stereocenters. The molecule has 3 rings (SSSR count). The van der Waals surface area contributed by atoms with Gasteiger partial charge < -0.3 is 10.3 Å². The van der Waals surface area contributed by atoms with Gasteiger partial charge in [-0.2, -0.15) is 0 Å². The van der Waals surface area contributed by atoms with Crippen molar-refractivity contribution < 1.29 is 4.79 Å². The van der Waals surface area contributed by atoms with Gasteiger partial charge in [0, 0.05) is 16.6 Å². The minimum atomic E-state index is -0.109. The fourth-order valence-electron chi connectivity index (χ4n) is 2.39. The van der Waals surface area contributed by atoms with Gasteiger partial charge in [-0.3, -0.25) is 4.79 Å². The summed E-state index contributed by atoms with van der Waals surface area (Å²) in [6.45, 7) is 4.01. The van der Waals surface area contributed by atoms with Gasteiger partial charge in [-0.25, -0.2) is 0 Å². The van der Waals surface area contributed by atoms with Crippen molar-refractivity contribution in [3.8, 4) is 0 Å². The van der Waals surface area contributed by atoms with Crippen LogP contribution in [0.15, 0.2) is 48.5 Å². The average Bonchev–Trinajstić information content (AvgIpc) is 2.76. The number of anilines is 1. The zero-order valence-corrected chi connectivity index (χ0v) is 11.5. The lowest BCUT2D eigenvalue weighted by Crippen LogP contribution is -2.13. The Kier molecular flexibility index (Phi) is 3.03. The highest BCUT2D eigenvalue weighted by atomic mass is 16.1. The van der Waals surface area contributed by atoms with Crippen LogP contribution in [-0.2, 0) is 0 Å². The zero-order valence-electron chi connectivity index (χ0n) is 11.5. The minimum absolute atomic E-state index is 0.109. The van der Waals surface area contributed by atoms with Gasteiger partial charge in [-0.05, 0) is 43.2 Å². The molecule has 3 aromatic rings. The van der Waals surface area contributed by atoms with E-state index in [1.807, 2.05) is 44.2 Å². The Morgan fingerprint density at radius 3 is 2.55 bits per heavy atom. The predicted octanol–water partition coefficient (Wildman–Crippen LogP) is 4.04. The molecule has 0 saturated carbocycles. The third-order valence-corrected chi connectivity index (χ3v) is 3.47. The smallest absolute Gasteiger partial charge is 0.272 e. The Morgan fingerprint density at radius 1 is 1.05 bits per heavy atom. The van der Waals surface area contributed by atoms with Crippen molar-refractivity contribution in [3.05, 3.63) is 65.4 Å². The summed E-state index contributed by atoms with van der Waals surface area (Å²) < 4.78 is 0. The van der Waals surface area contributed by atoms with Crippen molar-refractivity contribution in [2.45, 2.75) is 13.8 Å². The molecule has 0 fully saturated rings. The third kappa shape index (κ3) is 2.18. The summed E-state index contributed by atoms with van der Waals surface area (Å²) >= 11 is 0. The van der Waals surface area contributed by atoms with Crippen molar-refractivity contribution in [2.75, 3.05) is 5.32 Å². The van der Waals surface area contributed by atoms with Crippen molar-refractivity contribution in [1.29, 1.82) is 0 Å². The first-order valence-electron chi connectivity index (χ1n) is 6.60. The van der Waals surface area contributed by atoms with Crippen LogP contribution in [0.25, 0.3) is 10.9 Å². The molecule has 2 aromatic carbocycles. The molecule has 1 amide bonds. The Hall–Kier alpha value is -2.55. The maximum Gasteiger partial charge on any atom is 0.272 e. The summed E-state index contributed by atoms with van der Waals surface area (Å²) in [5, 5.41) is 4.00. The molecule has 0 atom stereocenters. The van der Waals surface area contributed by atoms with Gasteiger partial charge in [0.25, 0.3) is 5.91 Å². The summed E-state index contributed by atoms with van der Waals surface area (Å²) in [6.07, 6.45) is 0. The van der Waals surface area contributed by atoms with Gasteiger partial charge in [0.15, 0.2) is 0 Å². The number of carbonyl (C=O) groups is 1. The van der Waals surface area contributed by atoms with Gasteiger partial charge in [0.1, 0.15) is 5.69 Å². The monoisotopic (exact) mass is 264 g/mol. The molecule has 1 aromatic heterocycles. The summed E-state index contributed by atoms with van der Waals surface area (Å²) in [6, 6.07) is 15.6. The topological polar surface area (TPSA) is 44.9 Å². The third-order valence-electron chi connectivity index (χ3n) is 3.47. The van der Waals surface area contributed by atoms with Crippen molar-refractivity contribution in [1.82, 2.24) is 4.98 Å². The minimum Gasteiger partial charge on any atom is -0.350 e. The quantitative estimate of drug-likeness (QED) is 0.721. The molecule has 2 N–H and O–H groups in total. The molecule has 3 heteroatoms. The lowest BCUT2D eigenvalue weighted by molar-refractivity contribution is 0.102. The highest BCUT2D eigenvalue weighted by Gasteiger charge is 2.14. The number of carbonyl (C=O) groups excluding carboxylic acids is 1. The van der Waals surface area contributed by atoms with Crippen LogP contribution in [-0.4, -0.2) is 10.9 Å². The highest BCUT2D eigenvalue weighted by molar-refractivity contribution is 6.07. The first kappa shape index (κ1) is 12.5. The van der Waals surface area contributed by atoms with Crippen LogP contribution in [0.4, 0.5) is 5.69 Å². The van der Waals surface area contributed by atoms with E-state index in [9.17, 15) is 4.79 Å². The molecule has 0 aliphatic carbocycles. The fourth-order valence-corrected chi connectivity index (χ4v) is 2.39. The second kappa shape index (κ2) is 4.85. The Balaban J connectivity index is 1.97. The number of amides is 1. The van der Waals surface area contributed by atoms with Crippen molar-refractivity contribution >= 4 is 22.5 Å². The molecule has 3 nitrogen and oxygen atoms in total. The van der Waals surface area contributed by atoms with Crippen LogP contribution in [0.5, 0.6) is 0 Å². The number of benzene rings is 2. The van der Waals surface area contributed by atoms with Crippen LogP contribution >= 0.6 is 0 Å². The molecule has 0 saturated heterocycles. The maximum absolute atomic E-state index is 12.3. The molecular weight excluding hydrogens is 248 g/mol.